The predicted molar refractivity (Wildman–Crippen MR) is 67.0 cm³/mol. The number of rotatable bonds is 2. The van der Waals surface area contributed by atoms with Crippen LogP contribution in [0.1, 0.15) is 26.7 Å². The van der Waals surface area contributed by atoms with Gasteiger partial charge < -0.3 is 10.6 Å². The van der Waals surface area contributed by atoms with E-state index in [1.165, 1.54) is 0 Å². The molecule has 0 fully saturated rings. The second-order valence-corrected chi connectivity index (χ2v) is 4.44. The lowest BCUT2D eigenvalue weighted by Crippen LogP contribution is -2.51. The average Bonchev–Trinajstić information content (AvgIpc) is 2.30. The lowest BCUT2D eigenvalue weighted by molar-refractivity contribution is -0.120. The Bertz CT molecular complexity index is 427. The molecule has 2 rings (SSSR count). The van der Waals surface area contributed by atoms with Crippen molar-refractivity contribution in [2.75, 3.05) is 10.6 Å². The van der Waals surface area contributed by atoms with Crippen molar-refractivity contribution in [3.05, 3.63) is 23.2 Å². The molecule has 4 heteroatoms. The van der Waals surface area contributed by atoms with Crippen molar-refractivity contribution in [3.8, 4) is 0 Å². The predicted octanol–water partition coefficient (Wildman–Crippen LogP) is 3.26. The number of benzene rings is 1. The lowest BCUT2D eigenvalue weighted by atomic mass is 9.89. The van der Waals surface area contributed by atoms with Crippen LogP contribution in [0.3, 0.4) is 0 Å². The van der Waals surface area contributed by atoms with Crippen molar-refractivity contribution in [2.45, 2.75) is 32.2 Å². The summed E-state index contributed by atoms with van der Waals surface area (Å²) in [6.45, 7) is 4.01. The molecule has 2 N–H and O–H groups in total. The van der Waals surface area contributed by atoms with Crippen molar-refractivity contribution in [1.29, 1.82) is 0 Å². The second-order valence-electron chi connectivity index (χ2n) is 4.03. The number of halogens is 1. The summed E-state index contributed by atoms with van der Waals surface area (Å²) in [5, 5.41) is 6.76. The highest BCUT2D eigenvalue weighted by Gasteiger charge is 2.39. The van der Waals surface area contributed by atoms with E-state index in [0.29, 0.717) is 10.7 Å². The van der Waals surface area contributed by atoms with Crippen LogP contribution in [-0.4, -0.2) is 11.4 Å². The van der Waals surface area contributed by atoms with Gasteiger partial charge in [0.15, 0.2) is 0 Å². The van der Waals surface area contributed by atoms with Gasteiger partial charge in [0.1, 0.15) is 5.54 Å². The van der Waals surface area contributed by atoms with E-state index in [-0.39, 0.29) is 5.91 Å². The Hall–Kier alpha value is -1.22. The third-order valence-corrected chi connectivity index (χ3v) is 3.58. The maximum absolute atomic E-state index is 12.1. The number of fused-ring (bicyclic) bond motifs is 1. The fourth-order valence-electron chi connectivity index (χ4n) is 2.05. The highest BCUT2D eigenvalue weighted by atomic mass is 35.5. The molecule has 0 radical (unpaired) electrons. The van der Waals surface area contributed by atoms with Gasteiger partial charge in [-0.1, -0.05) is 31.5 Å². The molecular formula is C12H15ClN2O. The lowest BCUT2D eigenvalue weighted by Gasteiger charge is -2.37. The van der Waals surface area contributed by atoms with Gasteiger partial charge in [-0.3, -0.25) is 4.79 Å². The van der Waals surface area contributed by atoms with Gasteiger partial charge >= 0.3 is 0 Å². The molecule has 1 aliphatic heterocycles. The smallest absolute Gasteiger partial charge is 0.250 e. The summed E-state index contributed by atoms with van der Waals surface area (Å²) in [6.07, 6.45) is 1.50. The summed E-state index contributed by atoms with van der Waals surface area (Å²) >= 11 is 6.03. The summed E-state index contributed by atoms with van der Waals surface area (Å²) in [5.41, 5.74) is 1.08. The first-order valence-electron chi connectivity index (χ1n) is 5.51. The molecule has 0 saturated carbocycles. The summed E-state index contributed by atoms with van der Waals surface area (Å²) < 4.78 is 0. The van der Waals surface area contributed by atoms with Gasteiger partial charge in [0.25, 0.3) is 0 Å². The van der Waals surface area contributed by atoms with Crippen LogP contribution in [0.25, 0.3) is 0 Å². The van der Waals surface area contributed by atoms with Crippen molar-refractivity contribution < 1.29 is 4.79 Å². The van der Waals surface area contributed by atoms with Crippen molar-refractivity contribution in [1.82, 2.24) is 0 Å². The fraction of sp³-hybridized carbons (Fsp3) is 0.417. The van der Waals surface area contributed by atoms with Crippen molar-refractivity contribution in [3.63, 3.8) is 0 Å². The van der Waals surface area contributed by atoms with E-state index in [1.54, 1.807) is 6.07 Å². The largest absolute Gasteiger partial charge is 0.369 e. The van der Waals surface area contributed by atoms with Gasteiger partial charge in [0.05, 0.1) is 16.4 Å². The second kappa shape index (κ2) is 3.98. The molecule has 0 atom stereocenters. The van der Waals surface area contributed by atoms with E-state index in [4.69, 9.17) is 11.6 Å². The highest BCUT2D eigenvalue weighted by Crippen LogP contribution is 2.38. The van der Waals surface area contributed by atoms with Crippen LogP contribution in [0.5, 0.6) is 0 Å². The SMILES string of the molecule is CCC1(CC)Nc2cccc(Cl)c2NC1=O. The van der Waals surface area contributed by atoms with E-state index >= 15 is 0 Å². The first-order valence-corrected chi connectivity index (χ1v) is 5.89. The van der Waals surface area contributed by atoms with Crippen LogP contribution in [0.4, 0.5) is 11.4 Å². The summed E-state index contributed by atoms with van der Waals surface area (Å²) in [6, 6.07) is 5.58. The summed E-state index contributed by atoms with van der Waals surface area (Å²) in [4.78, 5) is 12.1. The standard InChI is InChI=1S/C12H15ClN2O/c1-3-12(4-2)11(16)14-10-8(13)6-5-7-9(10)15-12/h5-7,15H,3-4H2,1-2H3,(H,14,16). The molecule has 0 bridgehead atoms. The Balaban J connectivity index is 2.46. The van der Waals surface area contributed by atoms with Crippen molar-refractivity contribution >= 4 is 28.9 Å². The molecule has 1 aromatic carbocycles. The number of para-hydroxylation sites is 1. The molecule has 86 valence electrons. The zero-order chi connectivity index (χ0) is 11.8. The molecule has 1 amide bonds. The molecule has 0 aromatic heterocycles. The highest BCUT2D eigenvalue weighted by molar-refractivity contribution is 6.35. The number of hydrogen-bond acceptors (Lipinski definition) is 2. The minimum atomic E-state index is -0.502. The zero-order valence-corrected chi connectivity index (χ0v) is 10.2. The first kappa shape index (κ1) is 11.3. The first-order chi connectivity index (χ1) is 7.63. The van der Waals surface area contributed by atoms with Gasteiger partial charge in [-0.15, -0.1) is 0 Å². The van der Waals surface area contributed by atoms with Crippen molar-refractivity contribution in [2.24, 2.45) is 0 Å². The summed E-state index contributed by atoms with van der Waals surface area (Å²) in [7, 11) is 0. The Morgan fingerprint density at radius 3 is 2.62 bits per heavy atom. The average molecular weight is 239 g/mol. The number of amides is 1. The van der Waals surface area contributed by atoms with Crippen LogP contribution in [-0.2, 0) is 4.79 Å². The normalized spacial score (nSPS) is 17.3. The van der Waals surface area contributed by atoms with Gasteiger partial charge in [-0.05, 0) is 25.0 Å². The van der Waals surface area contributed by atoms with Gasteiger partial charge in [-0.25, -0.2) is 0 Å². The number of nitrogens with one attached hydrogen (secondary N) is 2. The number of carbonyl (C=O) groups is 1. The maximum atomic E-state index is 12.1. The van der Waals surface area contributed by atoms with Gasteiger partial charge in [0.2, 0.25) is 5.91 Å². The molecule has 0 saturated heterocycles. The third-order valence-electron chi connectivity index (χ3n) is 3.27. The molecule has 1 aromatic rings. The Morgan fingerprint density at radius 1 is 1.31 bits per heavy atom. The zero-order valence-electron chi connectivity index (χ0n) is 9.43. The molecule has 1 aliphatic rings. The quantitative estimate of drug-likeness (QED) is 0.830. The van der Waals surface area contributed by atoms with E-state index in [1.807, 2.05) is 26.0 Å². The fourth-order valence-corrected chi connectivity index (χ4v) is 2.27. The Labute approximate surface area is 100 Å². The molecular weight excluding hydrogens is 224 g/mol. The topological polar surface area (TPSA) is 41.1 Å². The maximum Gasteiger partial charge on any atom is 0.250 e. The monoisotopic (exact) mass is 238 g/mol. The molecule has 16 heavy (non-hydrogen) atoms. The number of anilines is 2. The van der Waals surface area contributed by atoms with Crippen LogP contribution < -0.4 is 10.6 Å². The summed E-state index contributed by atoms with van der Waals surface area (Å²) in [5.74, 6) is -0.00176. The minimum absolute atomic E-state index is 0.00176. The van der Waals surface area contributed by atoms with Gasteiger partial charge in [-0.2, -0.15) is 0 Å². The van der Waals surface area contributed by atoms with Crippen LogP contribution in [0.15, 0.2) is 18.2 Å². The van der Waals surface area contributed by atoms with Gasteiger partial charge in [0, 0.05) is 0 Å². The minimum Gasteiger partial charge on any atom is -0.369 e. The number of carbonyl (C=O) groups excluding carboxylic acids is 1. The third kappa shape index (κ3) is 1.55. The molecule has 3 nitrogen and oxygen atoms in total. The molecule has 1 heterocycles. The van der Waals surface area contributed by atoms with Crippen LogP contribution in [0, 0.1) is 0 Å². The Morgan fingerprint density at radius 2 is 2.00 bits per heavy atom. The Kier molecular flexibility index (Phi) is 2.80. The van der Waals surface area contributed by atoms with E-state index in [2.05, 4.69) is 10.6 Å². The van der Waals surface area contributed by atoms with Crippen LogP contribution in [0.2, 0.25) is 5.02 Å². The molecule has 0 spiro atoms. The molecule has 0 unspecified atom stereocenters. The molecule has 0 aliphatic carbocycles. The van der Waals surface area contributed by atoms with E-state index in [9.17, 15) is 4.79 Å². The van der Waals surface area contributed by atoms with E-state index < -0.39 is 5.54 Å². The number of hydrogen-bond donors (Lipinski definition) is 2. The van der Waals surface area contributed by atoms with Crippen LogP contribution >= 0.6 is 11.6 Å². The van der Waals surface area contributed by atoms with E-state index in [0.717, 1.165) is 18.5 Å².